The smallest absolute Gasteiger partial charge is 0.137 e. The van der Waals surface area contributed by atoms with Gasteiger partial charge >= 0.3 is 0 Å². The highest BCUT2D eigenvalue weighted by Crippen LogP contribution is 2.18. The normalized spacial score (nSPS) is 10.8. The Morgan fingerprint density at radius 3 is 2.58 bits per heavy atom. The lowest BCUT2D eigenvalue weighted by Crippen LogP contribution is -1.97. The highest BCUT2D eigenvalue weighted by Gasteiger charge is 2.05. The van der Waals surface area contributed by atoms with Gasteiger partial charge in [0.15, 0.2) is 10.3 Å². The minimum atomic E-state index is 0.398. The molecule has 1 heterocycles. The summed E-state index contributed by atoms with van der Waals surface area (Å²) in [5, 5.41) is 8.20. The molecule has 0 saturated carbocycles. The van der Waals surface area contributed by atoms with Gasteiger partial charge in [-0.25, -0.2) is 0 Å². The van der Waals surface area contributed by atoms with Crippen LogP contribution in [0, 0.1) is 5.92 Å². The van der Waals surface area contributed by atoms with Crippen molar-refractivity contribution in [2.45, 2.75) is 20.3 Å². The molecule has 1 rings (SSSR count). The third-order valence-electron chi connectivity index (χ3n) is 1.42. The highest BCUT2D eigenvalue weighted by molar-refractivity contribution is 6.31. The molecule has 0 aromatic carbocycles. The van der Waals surface area contributed by atoms with E-state index in [1.165, 1.54) is 0 Å². The molecule has 0 amide bonds. The van der Waals surface area contributed by atoms with Crippen molar-refractivity contribution in [2.75, 3.05) is 0 Å². The van der Waals surface area contributed by atoms with E-state index in [0.717, 1.165) is 12.0 Å². The Morgan fingerprint density at radius 2 is 2.00 bits per heavy atom. The van der Waals surface area contributed by atoms with E-state index in [-0.39, 0.29) is 0 Å². The molecule has 2 nitrogen and oxygen atoms in total. The first-order valence-corrected chi connectivity index (χ1v) is 4.52. The molecule has 0 unspecified atom stereocenters. The lowest BCUT2D eigenvalue weighted by Gasteiger charge is -2.05. The molecule has 1 aromatic heterocycles. The number of rotatable bonds is 2. The number of hydrogen-bond acceptors (Lipinski definition) is 2. The largest absolute Gasteiger partial charge is 0.155 e. The Balaban J connectivity index is 2.90. The fourth-order valence-electron chi connectivity index (χ4n) is 0.971. The number of aromatic nitrogens is 2. The zero-order chi connectivity index (χ0) is 9.14. The summed E-state index contributed by atoms with van der Waals surface area (Å²) in [5.74, 6) is 0.544. The second kappa shape index (κ2) is 4.06. The molecule has 0 bridgehead atoms. The van der Waals surface area contributed by atoms with Crippen LogP contribution in [0.5, 0.6) is 0 Å². The molecule has 0 N–H and O–H groups in total. The summed E-state index contributed by atoms with van der Waals surface area (Å²) in [4.78, 5) is 0. The SMILES string of the molecule is CC(C)Cc1cc(Cl)nnc1Cl. The molecule has 0 fully saturated rings. The van der Waals surface area contributed by atoms with E-state index in [2.05, 4.69) is 24.0 Å². The van der Waals surface area contributed by atoms with Gasteiger partial charge in [0.25, 0.3) is 0 Å². The van der Waals surface area contributed by atoms with Crippen LogP contribution in [-0.2, 0) is 6.42 Å². The van der Waals surface area contributed by atoms with Gasteiger partial charge in [-0.15, -0.1) is 10.2 Å². The van der Waals surface area contributed by atoms with Crippen LogP contribution in [0.15, 0.2) is 6.07 Å². The Hall–Kier alpha value is -0.340. The maximum Gasteiger partial charge on any atom is 0.155 e. The van der Waals surface area contributed by atoms with Gasteiger partial charge in [0.2, 0.25) is 0 Å². The average Bonchev–Trinajstić information content (AvgIpc) is 1.96. The van der Waals surface area contributed by atoms with Gasteiger partial charge < -0.3 is 0 Å². The van der Waals surface area contributed by atoms with Crippen LogP contribution < -0.4 is 0 Å². The van der Waals surface area contributed by atoms with Gasteiger partial charge in [0.05, 0.1) is 0 Å². The Bertz CT molecular complexity index is 274. The minimum Gasteiger partial charge on any atom is -0.137 e. The van der Waals surface area contributed by atoms with Crippen molar-refractivity contribution in [1.82, 2.24) is 10.2 Å². The molecule has 66 valence electrons. The first-order valence-electron chi connectivity index (χ1n) is 3.77. The van der Waals surface area contributed by atoms with E-state index in [0.29, 0.717) is 16.2 Å². The van der Waals surface area contributed by atoms with E-state index in [4.69, 9.17) is 23.2 Å². The van der Waals surface area contributed by atoms with Crippen LogP contribution in [0.3, 0.4) is 0 Å². The lowest BCUT2D eigenvalue weighted by molar-refractivity contribution is 0.644. The summed E-state index contributed by atoms with van der Waals surface area (Å²) < 4.78 is 0. The average molecular weight is 205 g/mol. The molecule has 1 aromatic rings. The summed E-state index contributed by atoms with van der Waals surface area (Å²) in [6.07, 6.45) is 0.883. The van der Waals surface area contributed by atoms with Gasteiger partial charge in [-0.2, -0.15) is 0 Å². The molecule has 0 aliphatic carbocycles. The summed E-state index contributed by atoms with van der Waals surface area (Å²) >= 11 is 11.5. The fourth-order valence-corrected chi connectivity index (χ4v) is 1.31. The van der Waals surface area contributed by atoms with Gasteiger partial charge in [-0.3, -0.25) is 0 Å². The van der Waals surface area contributed by atoms with Crippen molar-refractivity contribution >= 4 is 23.2 Å². The third kappa shape index (κ3) is 2.61. The fraction of sp³-hybridized carbons (Fsp3) is 0.500. The van der Waals surface area contributed by atoms with Crippen LogP contribution in [0.4, 0.5) is 0 Å². The highest BCUT2D eigenvalue weighted by atomic mass is 35.5. The van der Waals surface area contributed by atoms with Crippen molar-refractivity contribution in [3.05, 3.63) is 21.9 Å². The zero-order valence-corrected chi connectivity index (χ0v) is 8.52. The van der Waals surface area contributed by atoms with Gasteiger partial charge in [0, 0.05) is 0 Å². The van der Waals surface area contributed by atoms with Crippen LogP contribution in [0.1, 0.15) is 19.4 Å². The maximum atomic E-state index is 5.81. The standard InChI is InChI=1S/C8H10Cl2N2/c1-5(2)3-6-4-7(9)11-12-8(6)10/h4-5H,3H2,1-2H3. The first-order chi connectivity index (χ1) is 5.59. The molecular formula is C8H10Cl2N2. The van der Waals surface area contributed by atoms with Crippen molar-refractivity contribution in [3.8, 4) is 0 Å². The molecule has 4 heteroatoms. The van der Waals surface area contributed by atoms with Crippen molar-refractivity contribution in [3.63, 3.8) is 0 Å². The second-order valence-corrected chi connectivity index (χ2v) is 3.83. The first kappa shape index (κ1) is 9.75. The van der Waals surface area contributed by atoms with E-state index in [9.17, 15) is 0 Å². The second-order valence-electron chi connectivity index (χ2n) is 3.08. The van der Waals surface area contributed by atoms with E-state index < -0.39 is 0 Å². The Labute approximate surface area is 81.9 Å². The maximum absolute atomic E-state index is 5.81. The molecule has 0 radical (unpaired) electrons. The molecule has 0 spiro atoms. The van der Waals surface area contributed by atoms with E-state index in [1.54, 1.807) is 6.07 Å². The predicted octanol–water partition coefficient (Wildman–Crippen LogP) is 2.98. The van der Waals surface area contributed by atoms with Crippen LogP contribution in [0.2, 0.25) is 10.3 Å². The summed E-state index contributed by atoms with van der Waals surface area (Å²) in [6.45, 7) is 4.23. The van der Waals surface area contributed by atoms with Crippen molar-refractivity contribution < 1.29 is 0 Å². The van der Waals surface area contributed by atoms with Gasteiger partial charge in [0.1, 0.15) is 0 Å². The minimum absolute atomic E-state index is 0.398. The van der Waals surface area contributed by atoms with Crippen LogP contribution in [0.25, 0.3) is 0 Å². The topological polar surface area (TPSA) is 25.8 Å². The molecule has 0 aliphatic rings. The number of hydrogen-bond donors (Lipinski definition) is 0. The quantitative estimate of drug-likeness (QED) is 0.741. The molecule has 12 heavy (non-hydrogen) atoms. The monoisotopic (exact) mass is 204 g/mol. The van der Waals surface area contributed by atoms with Gasteiger partial charge in [-0.05, 0) is 24.0 Å². The van der Waals surface area contributed by atoms with E-state index >= 15 is 0 Å². The van der Waals surface area contributed by atoms with Gasteiger partial charge in [-0.1, -0.05) is 37.0 Å². The zero-order valence-electron chi connectivity index (χ0n) is 7.01. The summed E-state index contributed by atoms with van der Waals surface area (Å²) in [6, 6.07) is 1.76. The molecule has 0 atom stereocenters. The Kier molecular flexibility index (Phi) is 3.29. The van der Waals surface area contributed by atoms with Crippen LogP contribution >= 0.6 is 23.2 Å². The number of nitrogens with zero attached hydrogens (tertiary/aromatic N) is 2. The summed E-state index contributed by atoms with van der Waals surface area (Å²) in [7, 11) is 0. The predicted molar refractivity (Wildman–Crippen MR) is 50.6 cm³/mol. The summed E-state index contributed by atoms with van der Waals surface area (Å²) in [5.41, 5.74) is 0.965. The van der Waals surface area contributed by atoms with Crippen molar-refractivity contribution in [2.24, 2.45) is 5.92 Å². The van der Waals surface area contributed by atoms with Crippen LogP contribution in [-0.4, -0.2) is 10.2 Å². The van der Waals surface area contributed by atoms with E-state index in [1.807, 2.05) is 0 Å². The molecule has 0 aliphatic heterocycles. The number of halogens is 2. The molecular weight excluding hydrogens is 195 g/mol. The third-order valence-corrected chi connectivity index (χ3v) is 1.92. The molecule has 0 saturated heterocycles. The lowest BCUT2D eigenvalue weighted by atomic mass is 10.1. The van der Waals surface area contributed by atoms with Crippen molar-refractivity contribution in [1.29, 1.82) is 0 Å². The Morgan fingerprint density at radius 1 is 1.33 bits per heavy atom.